The average Bonchev–Trinajstić information content (AvgIpc) is 3.18. The van der Waals surface area contributed by atoms with E-state index in [0.29, 0.717) is 10.1 Å². The second-order valence-electron chi connectivity index (χ2n) is 5.08. The number of anilines is 1. The van der Waals surface area contributed by atoms with E-state index in [1.165, 1.54) is 11.3 Å². The molecule has 5 nitrogen and oxygen atoms in total. The van der Waals surface area contributed by atoms with Crippen LogP contribution in [0, 0.1) is 6.92 Å². The molecule has 0 aliphatic heterocycles. The fraction of sp³-hybridized carbons (Fsp3) is 0.188. The van der Waals surface area contributed by atoms with Crippen LogP contribution in [0.2, 0.25) is 0 Å². The number of thiophene rings is 1. The van der Waals surface area contributed by atoms with Crippen molar-refractivity contribution in [1.29, 1.82) is 0 Å². The van der Waals surface area contributed by atoms with Crippen LogP contribution in [0.4, 0.5) is 5.13 Å². The summed E-state index contributed by atoms with van der Waals surface area (Å²) >= 11 is 2.86. The van der Waals surface area contributed by atoms with E-state index in [-0.39, 0.29) is 18.4 Å². The van der Waals surface area contributed by atoms with Gasteiger partial charge in [-0.05, 0) is 29.5 Å². The zero-order chi connectivity index (χ0) is 16.2. The van der Waals surface area contributed by atoms with Crippen LogP contribution in [0.25, 0.3) is 0 Å². The summed E-state index contributed by atoms with van der Waals surface area (Å²) in [5, 5.41) is 13.8. The van der Waals surface area contributed by atoms with Gasteiger partial charge in [-0.25, -0.2) is 0 Å². The highest BCUT2D eigenvalue weighted by Crippen LogP contribution is 2.28. The van der Waals surface area contributed by atoms with Crippen molar-refractivity contribution in [1.82, 2.24) is 15.5 Å². The number of aryl methyl sites for hydroxylation is 1. The fourth-order valence-electron chi connectivity index (χ4n) is 2.36. The molecule has 0 radical (unpaired) electrons. The molecule has 0 saturated carbocycles. The third kappa shape index (κ3) is 3.75. The van der Waals surface area contributed by atoms with Crippen LogP contribution >= 0.6 is 22.7 Å². The van der Waals surface area contributed by atoms with Crippen molar-refractivity contribution < 1.29 is 4.79 Å². The zero-order valence-corrected chi connectivity index (χ0v) is 14.2. The van der Waals surface area contributed by atoms with Crippen molar-refractivity contribution in [3.63, 3.8) is 0 Å². The van der Waals surface area contributed by atoms with Crippen molar-refractivity contribution in [3.8, 4) is 0 Å². The highest BCUT2D eigenvalue weighted by Gasteiger charge is 2.20. The van der Waals surface area contributed by atoms with Gasteiger partial charge in [0.2, 0.25) is 11.0 Å². The lowest BCUT2D eigenvalue weighted by molar-refractivity contribution is -0.120. The number of rotatable bonds is 5. The van der Waals surface area contributed by atoms with Crippen LogP contribution in [0.5, 0.6) is 0 Å². The molecular weight excluding hydrogens is 328 g/mol. The summed E-state index contributed by atoms with van der Waals surface area (Å²) < 4.78 is 0. The second kappa shape index (κ2) is 6.89. The molecule has 23 heavy (non-hydrogen) atoms. The number of amides is 1. The Labute approximate surface area is 142 Å². The Morgan fingerprint density at radius 3 is 2.74 bits per heavy atom. The maximum absolute atomic E-state index is 12.4. The number of carbonyl (C=O) groups is 1. The van der Waals surface area contributed by atoms with Gasteiger partial charge >= 0.3 is 0 Å². The minimum absolute atomic E-state index is 0.0946. The maximum atomic E-state index is 12.4. The maximum Gasteiger partial charge on any atom is 0.227 e. The van der Waals surface area contributed by atoms with Gasteiger partial charge in [-0.2, -0.15) is 0 Å². The molecular formula is C16H16N4OS2. The summed E-state index contributed by atoms with van der Waals surface area (Å²) in [6, 6.07) is 11.9. The van der Waals surface area contributed by atoms with Crippen molar-refractivity contribution >= 4 is 33.7 Å². The van der Waals surface area contributed by atoms with Crippen molar-refractivity contribution in [2.24, 2.45) is 0 Å². The number of nitrogens with zero attached hydrogens (tertiary/aromatic N) is 2. The Bertz CT molecular complexity index is 798. The Hall–Kier alpha value is -2.25. The van der Waals surface area contributed by atoms with Crippen LogP contribution < -0.4 is 11.1 Å². The number of hydrogen-bond donors (Lipinski definition) is 2. The smallest absolute Gasteiger partial charge is 0.227 e. The minimum Gasteiger partial charge on any atom is -0.374 e. The number of hydrogen-bond acceptors (Lipinski definition) is 6. The van der Waals surface area contributed by atoms with Gasteiger partial charge in [0.15, 0.2) is 0 Å². The molecule has 0 fully saturated rings. The Morgan fingerprint density at radius 2 is 2.09 bits per heavy atom. The van der Waals surface area contributed by atoms with Crippen molar-refractivity contribution in [3.05, 3.63) is 62.8 Å². The first-order valence-electron chi connectivity index (χ1n) is 7.09. The number of benzene rings is 1. The summed E-state index contributed by atoms with van der Waals surface area (Å²) in [5.74, 6) is -0.0946. The number of nitrogen functional groups attached to an aromatic ring is 1. The van der Waals surface area contributed by atoms with E-state index >= 15 is 0 Å². The highest BCUT2D eigenvalue weighted by molar-refractivity contribution is 7.15. The van der Waals surface area contributed by atoms with Gasteiger partial charge in [-0.3, -0.25) is 4.79 Å². The molecule has 0 saturated heterocycles. The van der Waals surface area contributed by atoms with E-state index in [4.69, 9.17) is 5.73 Å². The summed E-state index contributed by atoms with van der Waals surface area (Å²) in [6.07, 6.45) is 0.183. The molecule has 3 N–H and O–H groups in total. The molecule has 7 heteroatoms. The lowest BCUT2D eigenvalue weighted by Crippen LogP contribution is -2.30. The number of nitrogens with two attached hydrogens (primary N) is 1. The van der Waals surface area contributed by atoms with Crippen LogP contribution in [0.1, 0.15) is 27.1 Å². The third-order valence-electron chi connectivity index (χ3n) is 3.43. The first-order chi connectivity index (χ1) is 11.1. The average molecular weight is 344 g/mol. The second-order valence-corrected chi connectivity index (χ2v) is 7.16. The van der Waals surface area contributed by atoms with Gasteiger partial charge in [-0.1, -0.05) is 41.7 Å². The lowest BCUT2D eigenvalue weighted by Gasteiger charge is -2.19. The van der Waals surface area contributed by atoms with E-state index in [2.05, 4.69) is 15.5 Å². The molecule has 0 bridgehead atoms. The molecule has 2 aromatic heterocycles. The zero-order valence-electron chi connectivity index (χ0n) is 12.5. The van der Waals surface area contributed by atoms with E-state index in [9.17, 15) is 4.79 Å². The summed E-state index contributed by atoms with van der Waals surface area (Å²) in [6.45, 7) is 2.05. The molecule has 0 unspecified atom stereocenters. The monoisotopic (exact) mass is 344 g/mol. The topological polar surface area (TPSA) is 80.9 Å². The van der Waals surface area contributed by atoms with Gasteiger partial charge in [-0.15, -0.1) is 21.5 Å². The molecule has 118 valence electrons. The summed E-state index contributed by atoms with van der Waals surface area (Å²) in [7, 11) is 0. The van der Waals surface area contributed by atoms with E-state index in [1.807, 2.05) is 48.7 Å². The van der Waals surface area contributed by atoms with Crippen LogP contribution in [0.3, 0.4) is 0 Å². The van der Waals surface area contributed by atoms with E-state index in [0.717, 1.165) is 16.0 Å². The molecule has 1 amide bonds. The predicted octanol–water partition coefficient (Wildman–Crippen LogP) is 2.94. The molecule has 2 heterocycles. The number of carbonyl (C=O) groups excluding carboxylic acids is 1. The van der Waals surface area contributed by atoms with Gasteiger partial charge in [0.05, 0.1) is 12.5 Å². The van der Waals surface area contributed by atoms with Crippen LogP contribution in [0.15, 0.2) is 41.8 Å². The third-order valence-corrected chi connectivity index (χ3v) is 5.12. The van der Waals surface area contributed by atoms with Gasteiger partial charge in [0, 0.05) is 4.88 Å². The summed E-state index contributed by atoms with van der Waals surface area (Å²) in [5.41, 5.74) is 7.80. The molecule has 3 rings (SSSR count). The van der Waals surface area contributed by atoms with Crippen LogP contribution in [-0.2, 0) is 11.2 Å². The largest absolute Gasteiger partial charge is 0.374 e. The Morgan fingerprint density at radius 1 is 1.26 bits per heavy atom. The van der Waals surface area contributed by atoms with Gasteiger partial charge in [0.25, 0.3) is 0 Å². The quantitative estimate of drug-likeness (QED) is 0.746. The molecule has 0 aliphatic rings. The van der Waals surface area contributed by atoms with Crippen molar-refractivity contribution in [2.45, 2.75) is 19.4 Å². The molecule has 0 aliphatic carbocycles. The minimum atomic E-state index is -0.158. The SMILES string of the molecule is Cc1ccccc1[C@@H](NC(=O)Cc1nnc(N)s1)c1cccs1. The summed E-state index contributed by atoms with van der Waals surface area (Å²) in [4.78, 5) is 13.5. The highest BCUT2D eigenvalue weighted by atomic mass is 32.1. The van der Waals surface area contributed by atoms with Crippen LogP contribution in [-0.4, -0.2) is 16.1 Å². The van der Waals surface area contributed by atoms with E-state index in [1.54, 1.807) is 11.3 Å². The predicted molar refractivity (Wildman–Crippen MR) is 93.5 cm³/mol. The Kier molecular flexibility index (Phi) is 4.68. The van der Waals surface area contributed by atoms with Gasteiger partial charge in [0.1, 0.15) is 5.01 Å². The number of nitrogens with one attached hydrogen (secondary N) is 1. The van der Waals surface area contributed by atoms with Gasteiger partial charge < -0.3 is 11.1 Å². The molecule has 1 aromatic carbocycles. The van der Waals surface area contributed by atoms with Crippen molar-refractivity contribution in [2.75, 3.05) is 5.73 Å². The fourth-order valence-corrected chi connectivity index (χ4v) is 3.76. The molecule has 0 spiro atoms. The Balaban J connectivity index is 1.82. The normalized spacial score (nSPS) is 12.0. The molecule has 3 aromatic rings. The first-order valence-corrected chi connectivity index (χ1v) is 8.79. The number of aromatic nitrogens is 2. The van der Waals surface area contributed by atoms with E-state index < -0.39 is 0 Å². The lowest BCUT2D eigenvalue weighted by atomic mass is 10.00. The standard InChI is InChI=1S/C16H16N4OS2/c1-10-5-2-3-6-11(10)15(12-7-4-8-22-12)18-13(21)9-14-19-20-16(17)23-14/h2-8,15H,9H2,1H3,(H2,17,20)(H,18,21)/t15-/m1/s1. The first kappa shape index (κ1) is 15.6. The molecule has 1 atom stereocenters.